The Bertz CT molecular complexity index is 145. The van der Waals surface area contributed by atoms with E-state index in [-0.39, 0.29) is 5.54 Å². The molecular formula is C9H19FN2. The van der Waals surface area contributed by atoms with Crippen molar-refractivity contribution in [2.75, 3.05) is 13.1 Å². The largest absolute Gasteiger partial charge is 0.325 e. The molecule has 0 aromatic rings. The fourth-order valence-electron chi connectivity index (χ4n) is 1.87. The summed E-state index contributed by atoms with van der Waals surface area (Å²) in [6.07, 6.45) is 1.68. The molecule has 1 heterocycles. The molecule has 0 saturated carbocycles. The number of rotatable bonds is 2. The van der Waals surface area contributed by atoms with Crippen LogP contribution < -0.4 is 11.1 Å². The first-order valence-electron chi connectivity index (χ1n) is 4.60. The van der Waals surface area contributed by atoms with Crippen molar-refractivity contribution in [1.82, 2.24) is 5.32 Å². The van der Waals surface area contributed by atoms with Crippen molar-refractivity contribution in [3.8, 4) is 0 Å². The molecule has 1 aliphatic heterocycles. The van der Waals surface area contributed by atoms with Gasteiger partial charge in [-0.2, -0.15) is 0 Å². The number of piperidine rings is 1. The van der Waals surface area contributed by atoms with E-state index in [4.69, 9.17) is 5.73 Å². The molecule has 1 saturated heterocycles. The minimum Gasteiger partial charge on any atom is -0.325 e. The average Bonchev–Trinajstić information content (AvgIpc) is 1.83. The van der Waals surface area contributed by atoms with Crippen LogP contribution in [0.5, 0.6) is 0 Å². The Labute approximate surface area is 73.7 Å². The number of halogens is 1. The molecule has 0 atom stereocenters. The van der Waals surface area contributed by atoms with Gasteiger partial charge in [0.05, 0.1) is 0 Å². The van der Waals surface area contributed by atoms with Crippen LogP contribution in [0.2, 0.25) is 0 Å². The Morgan fingerprint density at radius 2 is 1.92 bits per heavy atom. The summed E-state index contributed by atoms with van der Waals surface area (Å²) in [5.41, 5.74) is 4.38. The van der Waals surface area contributed by atoms with E-state index in [1.165, 1.54) is 0 Å². The minimum absolute atomic E-state index is 0.383. The molecule has 0 unspecified atom stereocenters. The van der Waals surface area contributed by atoms with E-state index < -0.39 is 5.67 Å². The van der Waals surface area contributed by atoms with Crippen molar-refractivity contribution in [2.24, 2.45) is 5.73 Å². The maximum atomic E-state index is 13.9. The van der Waals surface area contributed by atoms with Crippen molar-refractivity contribution in [3.63, 3.8) is 0 Å². The molecule has 0 amide bonds. The van der Waals surface area contributed by atoms with E-state index in [9.17, 15) is 4.39 Å². The topological polar surface area (TPSA) is 38.0 Å². The van der Waals surface area contributed by atoms with Crippen molar-refractivity contribution < 1.29 is 4.39 Å². The first-order valence-corrected chi connectivity index (χ1v) is 4.60. The zero-order chi connectivity index (χ0) is 9.24. The molecule has 0 aliphatic carbocycles. The monoisotopic (exact) mass is 174 g/mol. The Morgan fingerprint density at radius 1 is 1.42 bits per heavy atom. The van der Waals surface area contributed by atoms with E-state index >= 15 is 0 Å². The molecule has 0 radical (unpaired) electrons. The molecular weight excluding hydrogens is 155 g/mol. The van der Waals surface area contributed by atoms with Crippen molar-refractivity contribution in [3.05, 3.63) is 0 Å². The van der Waals surface area contributed by atoms with Gasteiger partial charge in [-0.1, -0.05) is 0 Å². The Kier molecular flexibility index (Phi) is 2.74. The Hall–Kier alpha value is -0.150. The lowest BCUT2D eigenvalue weighted by Crippen LogP contribution is -2.46. The first kappa shape index (κ1) is 9.93. The van der Waals surface area contributed by atoms with E-state index in [1.807, 2.05) is 13.8 Å². The molecule has 72 valence electrons. The van der Waals surface area contributed by atoms with Crippen LogP contribution in [-0.2, 0) is 0 Å². The average molecular weight is 174 g/mol. The van der Waals surface area contributed by atoms with Crippen molar-refractivity contribution in [1.29, 1.82) is 0 Å². The predicted molar refractivity (Wildman–Crippen MR) is 48.8 cm³/mol. The molecule has 0 aromatic heterocycles. The van der Waals surface area contributed by atoms with Gasteiger partial charge in [0, 0.05) is 5.54 Å². The lowest BCUT2D eigenvalue weighted by atomic mass is 9.83. The Balaban J connectivity index is 2.47. The van der Waals surface area contributed by atoms with E-state index in [2.05, 4.69) is 5.32 Å². The highest BCUT2D eigenvalue weighted by Crippen LogP contribution is 2.31. The van der Waals surface area contributed by atoms with Gasteiger partial charge in [0.1, 0.15) is 5.67 Å². The highest BCUT2D eigenvalue weighted by Gasteiger charge is 2.35. The fraction of sp³-hybridized carbons (Fsp3) is 1.00. The zero-order valence-corrected chi connectivity index (χ0v) is 7.99. The summed E-state index contributed by atoms with van der Waals surface area (Å²) in [6, 6.07) is 0. The van der Waals surface area contributed by atoms with Gasteiger partial charge in [-0.25, -0.2) is 4.39 Å². The summed E-state index contributed by atoms with van der Waals surface area (Å²) in [7, 11) is 0. The predicted octanol–water partition coefficient (Wildman–Crippen LogP) is 1.21. The first-order chi connectivity index (χ1) is 5.41. The van der Waals surface area contributed by atoms with Crippen LogP contribution in [0.15, 0.2) is 0 Å². The molecule has 3 N–H and O–H groups in total. The van der Waals surface area contributed by atoms with Crippen LogP contribution in [-0.4, -0.2) is 24.3 Å². The Morgan fingerprint density at radius 3 is 2.33 bits per heavy atom. The van der Waals surface area contributed by atoms with Crippen LogP contribution in [0.25, 0.3) is 0 Å². The second-order valence-corrected chi connectivity index (χ2v) is 4.57. The SMILES string of the molecule is CC(C)(N)CC1(F)CCNCC1. The molecule has 1 fully saturated rings. The number of hydrogen-bond acceptors (Lipinski definition) is 2. The molecule has 1 aliphatic rings. The number of nitrogens with two attached hydrogens (primary N) is 1. The van der Waals surface area contributed by atoms with Crippen LogP contribution in [0.3, 0.4) is 0 Å². The third-order valence-corrected chi connectivity index (χ3v) is 2.27. The molecule has 2 nitrogen and oxygen atoms in total. The molecule has 0 spiro atoms. The fourth-order valence-corrected chi connectivity index (χ4v) is 1.87. The van der Waals surface area contributed by atoms with Crippen LogP contribution in [0, 0.1) is 0 Å². The van der Waals surface area contributed by atoms with Gasteiger partial charge in [0.2, 0.25) is 0 Å². The summed E-state index contributed by atoms with van der Waals surface area (Å²) in [5.74, 6) is 0. The normalized spacial score (nSPS) is 24.0. The molecule has 0 aromatic carbocycles. The lowest BCUT2D eigenvalue weighted by Gasteiger charge is -2.35. The van der Waals surface area contributed by atoms with Gasteiger partial charge >= 0.3 is 0 Å². The molecule has 1 rings (SSSR count). The zero-order valence-electron chi connectivity index (χ0n) is 7.99. The molecule has 12 heavy (non-hydrogen) atoms. The standard InChI is InChI=1S/C9H19FN2/c1-8(2,11)7-9(10)3-5-12-6-4-9/h12H,3-7,11H2,1-2H3. The maximum absolute atomic E-state index is 13.9. The summed E-state index contributed by atoms with van der Waals surface area (Å²) >= 11 is 0. The van der Waals surface area contributed by atoms with Gasteiger partial charge in [0.15, 0.2) is 0 Å². The van der Waals surface area contributed by atoms with Crippen LogP contribution in [0.4, 0.5) is 4.39 Å². The highest BCUT2D eigenvalue weighted by molar-refractivity contribution is 4.91. The van der Waals surface area contributed by atoms with Gasteiger partial charge < -0.3 is 11.1 Å². The van der Waals surface area contributed by atoms with Crippen molar-refractivity contribution >= 4 is 0 Å². The van der Waals surface area contributed by atoms with Gasteiger partial charge in [-0.15, -0.1) is 0 Å². The second kappa shape index (κ2) is 3.30. The summed E-state index contributed by atoms with van der Waals surface area (Å²) < 4.78 is 13.9. The maximum Gasteiger partial charge on any atom is 0.115 e. The summed E-state index contributed by atoms with van der Waals surface area (Å²) in [6.45, 7) is 5.34. The van der Waals surface area contributed by atoms with E-state index in [0.29, 0.717) is 19.3 Å². The third kappa shape index (κ3) is 3.07. The van der Waals surface area contributed by atoms with Crippen LogP contribution >= 0.6 is 0 Å². The van der Waals surface area contributed by atoms with E-state index in [0.717, 1.165) is 13.1 Å². The second-order valence-electron chi connectivity index (χ2n) is 4.57. The minimum atomic E-state index is -1.02. The number of alkyl halides is 1. The van der Waals surface area contributed by atoms with Gasteiger partial charge in [-0.3, -0.25) is 0 Å². The molecule has 0 bridgehead atoms. The van der Waals surface area contributed by atoms with Gasteiger partial charge in [-0.05, 0) is 46.2 Å². The van der Waals surface area contributed by atoms with Gasteiger partial charge in [0.25, 0.3) is 0 Å². The lowest BCUT2D eigenvalue weighted by molar-refractivity contribution is 0.0819. The summed E-state index contributed by atoms with van der Waals surface area (Å²) in [5, 5.41) is 3.14. The number of hydrogen-bond donors (Lipinski definition) is 2. The van der Waals surface area contributed by atoms with Crippen molar-refractivity contribution in [2.45, 2.75) is 44.3 Å². The highest BCUT2D eigenvalue weighted by atomic mass is 19.1. The van der Waals surface area contributed by atoms with Crippen LogP contribution in [0.1, 0.15) is 33.1 Å². The molecule has 3 heteroatoms. The van der Waals surface area contributed by atoms with E-state index in [1.54, 1.807) is 0 Å². The smallest absolute Gasteiger partial charge is 0.115 e. The quantitative estimate of drug-likeness (QED) is 0.660. The third-order valence-electron chi connectivity index (χ3n) is 2.27. The summed E-state index contributed by atoms with van der Waals surface area (Å²) in [4.78, 5) is 0. The number of nitrogens with one attached hydrogen (secondary N) is 1.